The average Bonchev–Trinajstić information content (AvgIpc) is 2.63. The minimum atomic E-state index is 0.684. The molecule has 0 saturated carbocycles. The zero-order chi connectivity index (χ0) is 18.3. The highest BCUT2D eigenvalue weighted by molar-refractivity contribution is 6.03. The zero-order valence-electron chi connectivity index (χ0n) is 17.1. The molecule has 0 nitrogen and oxygen atoms in total. The van der Waals surface area contributed by atoms with E-state index in [4.69, 9.17) is 0 Å². The molecule has 0 spiro atoms. The lowest BCUT2D eigenvalue weighted by Crippen LogP contribution is -2.22. The Balaban J connectivity index is 2.10. The molecule has 0 saturated heterocycles. The molecule has 4 rings (SSSR count). The number of fused-ring (bicyclic) bond motifs is 3. The Morgan fingerprint density at radius 1 is 0.885 bits per heavy atom. The minimum Gasteiger partial charge on any atom is -0.0651 e. The topological polar surface area (TPSA) is 0 Å². The number of aryl methyl sites for hydroxylation is 2. The van der Waals surface area contributed by atoms with Gasteiger partial charge in [0.05, 0.1) is 0 Å². The summed E-state index contributed by atoms with van der Waals surface area (Å²) < 4.78 is 0. The summed E-state index contributed by atoms with van der Waals surface area (Å²) in [5.74, 6) is 1.40. The molecule has 0 amide bonds. The van der Waals surface area contributed by atoms with Gasteiger partial charge in [-0.3, -0.25) is 0 Å². The van der Waals surface area contributed by atoms with Crippen LogP contribution in [0.3, 0.4) is 0 Å². The molecule has 2 atom stereocenters. The van der Waals surface area contributed by atoms with Crippen LogP contribution < -0.4 is 0 Å². The van der Waals surface area contributed by atoms with Gasteiger partial charge in [0.25, 0.3) is 0 Å². The lowest BCUT2D eigenvalue weighted by Gasteiger charge is -2.40. The van der Waals surface area contributed by atoms with Crippen molar-refractivity contribution >= 4 is 16.3 Å². The number of hydrogen-bond acceptors (Lipinski definition) is 0. The molecule has 0 radical (unpaired) electrons. The molecule has 0 aliphatic heterocycles. The highest BCUT2D eigenvalue weighted by atomic mass is 14.4. The normalized spacial score (nSPS) is 21.5. The van der Waals surface area contributed by atoms with Gasteiger partial charge in [0, 0.05) is 5.92 Å². The first-order chi connectivity index (χ1) is 12.7. The third-order valence-corrected chi connectivity index (χ3v) is 6.71. The van der Waals surface area contributed by atoms with E-state index in [1.54, 1.807) is 44.2 Å². The van der Waals surface area contributed by atoms with Gasteiger partial charge in [0.2, 0.25) is 0 Å². The van der Waals surface area contributed by atoms with Crippen LogP contribution in [-0.2, 0) is 12.8 Å². The van der Waals surface area contributed by atoms with Crippen molar-refractivity contribution in [2.75, 3.05) is 0 Å². The van der Waals surface area contributed by atoms with Crippen molar-refractivity contribution < 1.29 is 0 Å². The van der Waals surface area contributed by atoms with Gasteiger partial charge >= 0.3 is 0 Å². The third-order valence-electron chi connectivity index (χ3n) is 6.71. The Morgan fingerprint density at radius 3 is 2.35 bits per heavy atom. The third kappa shape index (κ3) is 2.65. The van der Waals surface area contributed by atoms with Gasteiger partial charge < -0.3 is 0 Å². The molecule has 138 valence electrons. The summed E-state index contributed by atoms with van der Waals surface area (Å²) in [6, 6.07) is 9.75. The van der Waals surface area contributed by atoms with Crippen LogP contribution in [0.5, 0.6) is 0 Å². The average molecular weight is 347 g/mol. The molecule has 2 unspecified atom stereocenters. The summed E-state index contributed by atoms with van der Waals surface area (Å²) in [5, 5.41) is 3.18. The summed E-state index contributed by atoms with van der Waals surface area (Å²) in [6.45, 7) is 9.48. The molecule has 2 aliphatic rings. The van der Waals surface area contributed by atoms with E-state index >= 15 is 0 Å². The molecule has 0 fully saturated rings. The standard InChI is InChI=1S/C26H34/c1-5-9-18-16-19(10-6-2)25-24-17(4)14-15-21(22(24)11-7-3)23-13-8-12-20(18)26(23)25/h8,12-13,16-17,21H,5-7,9-11,14-15H2,1-4H3. The van der Waals surface area contributed by atoms with Gasteiger partial charge in [-0.1, -0.05) is 76.8 Å². The van der Waals surface area contributed by atoms with Crippen LogP contribution in [0.4, 0.5) is 0 Å². The highest BCUT2D eigenvalue weighted by Gasteiger charge is 2.36. The van der Waals surface area contributed by atoms with E-state index in [1.165, 1.54) is 51.4 Å². The SMILES string of the molecule is CCCC1=C2c3c(CCC)cc(CCC)c4cccc(c34)C1CCC2C. The van der Waals surface area contributed by atoms with Crippen molar-refractivity contribution in [1.82, 2.24) is 0 Å². The van der Waals surface area contributed by atoms with Gasteiger partial charge in [-0.2, -0.15) is 0 Å². The lowest BCUT2D eigenvalue weighted by molar-refractivity contribution is 0.523. The van der Waals surface area contributed by atoms with Crippen LogP contribution in [-0.4, -0.2) is 0 Å². The fourth-order valence-electron chi connectivity index (χ4n) is 5.75. The second-order valence-corrected chi connectivity index (χ2v) is 8.56. The second kappa shape index (κ2) is 7.22. The summed E-state index contributed by atoms with van der Waals surface area (Å²) in [6.07, 6.45) is 10.1. The smallest absolute Gasteiger partial charge is 0.00609 e. The summed E-state index contributed by atoms with van der Waals surface area (Å²) in [7, 11) is 0. The molecule has 0 heterocycles. The van der Waals surface area contributed by atoms with Crippen LogP contribution in [0.1, 0.15) is 94.4 Å². The van der Waals surface area contributed by atoms with Crippen LogP contribution in [0, 0.1) is 5.92 Å². The zero-order valence-corrected chi connectivity index (χ0v) is 17.1. The number of hydrogen-bond donors (Lipinski definition) is 0. The first kappa shape index (κ1) is 17.8. The predicted octanol–water partition coefficient (Wildman–Crippen LogP) is 7.83. The Morgan fingerprint density at radius 2 is 1.62 bits per heavy atom. The first-order valence-corrected chi connectivity index (χ1v) is 11.0. The van der Waals surface area contributed by atoms with Crippen LogP contribution >= 0.6 is 0 Å². The quantitative estimate of drug-likeness (QED) is 0.500. The molecule has 2 aromatic carbocycles. The van der Waals surface area contributed by atoms with Crippen LogP contribution in [0.2, 0.25) is 0 Å². The van der Waals surface area contributed by atoms with E-state index < -0.39 is 0 Å². The van der Waals surface area contributed by atoms with E-state index in [2.05, 4.69) is 52.0 Å². The summed E-state index contributed by atoms with van der Waals surface area (Å²) in [5.41, 5.74) is 10.1. The minimum absolute atomic E-state index is 0.684. The number of benzene rings is 2. The molecule has 2 bridgehead atoms. The Hall–Kier alpha value is -1.56. The fourth-order valence-corrected chi connectivity index (χ4v) is 5.75. The maximum atomic E-state index is 2.58. The molecule has 2 aromatic rings. The molecular weight excluding hydrogens is 312 g/mol. The molecule has 0 heteroatoms. The van der Waals surface area contributed by atoms with Crippen molar-refractivity contribution in [3.63, 3.8) is 0 Å². The molecular formula is C26H34. The van der Waals surface area contributed by atoms with Crippen molar-refractivity contribution in [2.45, 2.75) is 85.0 Å². The molecule has 0 N–H and O–H groups in total. The summed E-state index contributed by atoms with van der Waals surface area (Å²) in [4.78, 5) is 0. The lowest BCUT2D eigenvalue weighted by atomic mass is 9.64. The van der Waals surface area contributed by atoms with Gasteiger partial charge in [0.1, 0.15) is 0 Å². The van der Waals surface area contributed by atoms with E-state index in [0.29, 0.717) is 5.92 Å². The van der Waals surface area contributed by atoms with Crippen LogP contribution in [0.15, 0.2) is 29.8 Å². The van der Waals surface area contributed by atoms with Crippen molar-refractivity contribution in [2.24, 2.45) is 5.92 Å². The van der Waals surface area contributed by atoms with Gasteiger partial charge in [-0.25, -0.2) is 0 Å². The first-order valence-electron chi connectivity index (χ1n) is 11.0. The largest absolute Gasteiger partial charge is 0.0651 e. The monoisotopic (exact) mass is 346 g/mol. The fraction of sp³-hybridized carbons (Fsp3) is 0.538. The Bertz CT molecular complexity index is 852. The Kier molecular flexibility index (Phi) is 4.95. The highest BCUT2D eigenvalue weighted by Crippen LogP contribution is 2.54. The van der Waals surface area contributed by atoms with E-state index in [9.17, 15) is 0 Å². The van der Waals surface area contributed by atoms with Crippen molar-refractivity contribution in [3.8, 4) is 0 Å². The summed E-state index contributed by atoms with van der Waals surface area (Å²) >= 11 is 0. The van der Waals surface area contributed by atoms with E-state index in [-0.39, 0.29) is 0 Å². The van der Waals surface area contributed by atoms with Crippen LogP contribution in [0.25, 0.3) is 16.3 Å². The number of rotatable bonds is 6. The van der Waals surface area contributed by atoms with Crippen molar-refractivity contribution in [3.05, 3.63) is 52.1 Å². The van der Waals surface area contributed by atoms with Gasteiger partial charge in [-0.05, 0) is 76.6 Å². The van der Waals surface area contributed by atoms with Crippen molar-refractivity contribution in [1.29, 1.82) is 0 Å². The van der Waals surface area contributed by atoms with E-state index in [0.717, 1.165) is 5.92 Å². The molecule has 2 aliphatic carbocycles. The Labute approximate surface area is 159 Å². The van der Waals surface area contributed by atoms with Gasteiger partial charge in [0.15, 0.2) is 0 Å². The van der Waals surface area contributed by atoms with E-state index in [1.807, 2.05) is 0 Å². The number of allylic oxidation sites excluding steroid dienone is 2. The molecule has 26 heavy (non-hydrogen) atoms. The van der Waals surface area contributed by atoms with Gasteiger partial charge in [-0.15, -0.1) is 0 Å². The maximum absolute atomic E-state index is 2.58. The maximum Gasteiger partial charge on any atom is 0.00609 e. The second-order valence-electron chi connectivity index (χ2n) is 8.56. The predicted molar refractivity (Wildman–Crippen MR) is 115 cm³/mol. The molecule has 0 aromatic heterocycles.